The van der Waals surface area contributed by atoms with E-state index in [0.29, 0.717) is 17.0 Å². The van der Waals surface area contributed by atoms with Gasteiger partial charge in [0.15, 0.2) is 0 Å². The highest BCUT2D eigenvalue weighted by atomic mass is 35.5. The third-order valence-corrected chi connectivity index (χ3v) is 2.71. The monoisotopic (exact) mass is 221 g/mol. The lowest BCUT2D eigenvalue weighted by Crippen LogP contribution is -2.11. The quantitative estimate of drug-likeness (QED) is 0.761. The molecular weight excluding hydrogens is 212 g/mol. The van der Waals surface area contributed by atoms with Gasteiger partial charge >= 0.3 is 0 Å². The Balaban J connectivity index is 3.25. The van der Waals surface area contributed by atoms with E-state index in [1.165, 1.54) is 12.1 Å². The highest BCUT2D eigenvalue weighted by molar-refractivity contribution is 6.42. The maximum absolute atomic E-state index is 13.2. The van der Waals surface area contributed by atoms with Crippen molar-refractivity contribution in [1.29, 1.82) is 0 Å². The molecule has 0 heterocycles. The Morgan fingerprint density at radius 2 is 2.08 bits per heavy atom. The fourth-order valence-corrected chi connectivity index (χ4v) is 1.54. The van der Waals surface area contributed by atoms with E-state index in [9.17, 15) is 4.39 Å². The standard InChI is InChI=1S/C9H10Cl2FN/c1-2-7(13)8-6(12)4-3-5(10)9(8)11/h3-4,7H,2,13H2,1H3. The SMILES string of the molecule is CCC(N)c1c(F)ccc(Cl)c1Cl. The van der Waals surface area contributed by atoms with Crippen LogP contribution in [-0.4, -0.2) is 0 Å². The molecule has 0 aliphatic rings. The van der Waals surface area contributed by atoms with Gasteiger partial charge in [-0.3, -0.25) is 0 Å². The van der Waals surface area contributed by atoms with Crippen LogP contribution in [0.3, 0.4) is 0 Å². The maximum Gasteiger partial charge on any atom is 0.129 e. The molecule has 1 unspecified atom stereocenters. The van der Waals surface area contributed by atoms with Crippen molar-refractivity contribution in [2.24, 2.45) is 5.73 Å². The molecule has 13 heavy (non-hydrogen) atoms. The van der Waals surface area contributed by atoms with Crippen molar-refractivity contribution in [3.05, 3.63) is 33.6 Å². The van der Waals surface area contributed by atoms with Crippen LogP contribution in [0.2, 0.25) is 10.0 Å². The lowest BCUT2D eigenvalue weighted by atomic mass is 10.1. The van der Waals surface area contributed by atoms with Gasteiger partial charge in [-0.2, -0.15) is 0 Å². The summed E-state index contributed by atoms with van der Waals surface area (Å²) >= 11 is 11.6. The molecule has 1 atom stereocenters. The van der Waals surface area contributed by atoms with Crippen LogP contribution in [0.15, 0.2) is 12.1 Å². The molecule has 1 rings (SSSR count). The van der Waals surface area contributed by atoms with Gasteiger partial charge in [-0.25, -0.2) is 4.39 Å². The Labute approximate surface area is 86.6 Å². The van der Waals surface area contributed by atoms with Crippen molar-refractivity contribution in [1.82, 2.24) is 0 Å². The second-order valence-electron chi connectivity index (χ2n) is 2.77. The molecule has 4 heteroatoms. The summed E-state index contributed by atoms with van der Waals surface area (Å²) < 4.78 is 13.2. The fourth-order valence-electron chi connectivity index (χ4n) is 1.09. The minimum absolute atomic E-state index is 0.219. The lowest BCUT2D eigenvalue weighted by molar-refractivity contribution is 0.575. The molecule has 72 valence electrons. The van der Waals surface area contributed by atoms with E-state index in [2.05, 4.69) is 0 Å². The Morgan fingerprint density at radius 1 is 1.46 bits per heavy atom. The summed E-state index contributed by atoms with van der Waals surface area (Å²) in [6.07, 6.45) is 0.622. The van der Waals surface area contributed by atoms with E-state index in [-0.39, 0.29) is 5.02 Å². The van der Waals surface area contributed by atoms with E-state index in [0.717, 1.165) is 0 Å². The molecule has 0 saturated heterocycles. The summed E-state index contributed by atoms with van der Waals surface area (Å²) in [5, 5.41) is 0.554. The smallest absolute Gasteiger partial charge is 0.129 e. The molecule has 0 aromatic heterocycles. The van der Waals surface area contributed by atoms with Crippen molar-refractivity contribution < 1.29 is 4.39 Å². The van der Waals surface area contributed by atoms with Gasteiger partial charge in [0.2, 0.25) is 0 Å². The van der Waals surface area contributed by atoms with E-state index >= 15 is 0 Å². The van der Waals surface area contributed by atoms with Gasteiger partial charge < -0.3 is 5.73 Å². The van der Waals surface area contributed by atoms with Crippen molar-refractivity contribution in [2.75, 3.05) is 0 Å². The number of nitrogens with two attached hydrogens (primary N) is 1. The first-order valence-corrected chi connectivity index (χ1v) is 4.72. The van der Waals surface area contributed by atoms with Crippen LogP contribution in [0.1, 0.15) is 24.9 Å². The highest BCUT2D eigenvalue weighted by Gasteiger charge is 2.15. The molecular formula is C9H10Cl2FN. The highest BCUT2D eigenvalue weighted by Crippen LogP contribution is 2.32. The van der Waals surface area contributed by atoms with Crippen LogP contribution < -0.4 is 5.73 Å². The van der Waals surface area contributed by atoms with Crippen LogP contribution in [0.4, 0.5) is 4.39 Å². The average Bonchev–Trinajstić information content (AvgIpc) is 2.12. The van der Waals surface area contributed by atoms with Gasteiger partial charge in [0.05, 0.1) is 10.0 Å². The van der Waals surface area contributed by atoms with Gasteiger partial charge in [-0.15, -0.1) is 0 Å². The van der Waals surface area contributed by atoms with Crippen LogP contribution in [0, 0.1) is 5.82 Å². The maximum atomic E-state index is 13.2. The van der Waals surface area contributed by atoms with Crippen molar-refractivity contribution in [3.8, 4) is 0 Å². The predicted octanol–water partition coefficient (Wildman–Crippen LogP) is 3.54. The number of benzene rings is 1. The molecule has 0 bridgehead atoms. The second-order valence-corrected chi connectivity index (χ2v) is 3.56. The molecule has 1 aromatic carbocycles. The molecule has 0 radical (unpaired) electrons. The van der Waals surface area contributed by atoms with Gasteiger partial charge in [-0.1, -0.05) is 30.1 Å². The van der Waals surface area contributed by atoms with Gasteiger partial charge in [0.25, 0.3) is 0 Å². The van der Waals surface area contributed by atoms with Crippen LogP contribution in [-0.2, 0) is 0 Å². The Kier molecular flexibility index (Phi) is 3.54. The number of halogens is 3. The summed E-state index contributed by atoms with van der Waals surface area (Å²) in [7, 11) is 0. The molecule has 1 nitrogen and oxygen atoms in total. The first-order valence-electron chi connectivity index (χ1n) is 3.96. The zero-order valence-electron chi connectivity index (χ0n) is 7.15. The fraction of sp³-hybridized carbons (Fsp3) is 0.333. The van der Waals surface area contributed by atoms with Crippen molar-refractivity contribution in [3.63, 3.8) is 0 Å². The Morgan fingerprint density at radius 3 is 2.62 bits per heavy atom. The molecule has 2 N–H and O–H groups in total. The summed E-state index contributed by atoms with van der Waals surface area (Å²) in [6.45, 7) is 1.86. The van der Waals surface area contributed by atoms with Gasteiger partial charge in [0.1, 0.15) is 5.82 Å². The Bertz CT molecular complexity index is 315. The molecule has 0 fully saturated rings. The molecule has 0 saturated carbocycles. The van der Waals surface area contributed by atoms with E-state index < -0.39 is 11.9 Å². The first kappa shape index (κ1) is 10.8. The average molecular weight is 222 g/mol. The molecule has 0 amide bonds. The molecule has 0 aliphatic heterocycles. The van der Waals surface area contributed by atoms with E-state index in [1.807, 2.05) is 6.92 Å². The summed E-state index contributed by atoms with van der Waals surface area (Å²) in [5.74, 6) is -0.399. The third-order valence-electron chi connectivity index (χ3n) is 1.89. The predicted molar refractivity (Wildman–Crippen MR) is 53.6 cm³/mol. The van der Waals surface area contributed by atoms with E-state index in [4.69, 9.17) is 28.9 Å². The number of rotatable bonds is 2. The lowest BCUT2D eigenvalue weighted by Gasteiger charge is -2.12. The van der Waals surface area contributed by atoms with Crippen molar-refractivity contribution in [2.45, 2.75) is 19.4 Å². The van der Waals surface area contributed by atoms with Crippen molar-refractivity contribution >= 4 is 23.2 Å². The van der Waals surface area contributed by atoms with Gasteiger partial charge in [-0.05, 0) is 18.6 Å². The molecule has 0 spiro atoms. The number of hydrogen-bond donors (Lipinski definition) is 1. The summed E-state index contributed by atoms with van der Waals surface area (Å²) in [5.41, 5.74) is 5.98. The molecule has 1 aromatic rings. The minimum Gasteiger partial charge on any atom is -0.324 e. The zero-order valence-corrected chi connectivity index (χ0v) is 8.66. The zero-order chi connectivity index (χ0) is 10.0. The van der Waals surface area contributed by atoms with Crippen LogP contribution >= 0.6 is 23.2 Å². The summed E-state index contributed by atoms with van der Waals surface area (Å²) in [6, 6.07) is 2.30. The summed E-state index contributed by atoms with van der Waals surface area (Å²) in [4.78, 5) is 0. The normalized spacial score (nSPS) is 13.0. The second kappa shape index (κ2) is 4.27. The largest absolute Gasteiger partial charge is 0.324 e. The minimum atomic E-state index is -0.399. The van der Waals surface area contributed by atoms with Crippen LogP contribution in [0.25, 0.3) is 0 Å². The topological polar surface area (TPSA) is 26.0 Å². The third kappa shape index (κ3) is 2.13. The molecule has 0 aliphatic carbocycles. The van der Waals surface area contributed by atoms with Gasteiger partial charge in [0, 0.05) is 11.6 Å². The van der Waals surface area contributed by atoms with Crippen LogP contribution in [0.5, 0.6) is 0 Å². The number of hydrogen-bond acceptors (Lipinski definition) is 1. The Hall–Kier alpha value is -0.310. The first-order chi connectivity index (χ1) is 6.07. The van der Waals surface area contributed by atoms with E-state index in [1.54, 1.807) is 0 Å².